The van der Waals surface area contributed by atoms with Gasteiger partial charge >= 0.3 is 5.97 Å². The lowest BCUT2D eigenvalue weighted by Gasteiger charge is -2.06. The molecule has 0 unspecified atom stereocenters. The summed E-state index contributed by atoms with van der Waals surface area (Å²) in [6.07, 6.45) is 2.33. The van der Waals surface area contributed by atoms with Gasteiger partial charge in [0.15, 0.2) is 11.0 Å². The Morgan fingerprint density at radius 1 is 1.48 bits per heavy atom. The Balaban J connectivity index is 1.55. The number of hydrogen-bond donors (Lipinski definition) is 0. The van der Waals surface area contributed by atoms with Crippen molar-refractivity contribution < 1.29 is 13.9 Å². The summed E-state index contributed by atoms with van der Waals surface area (Å²) in [7, 11) is 1.37. The van der Waals surface area contributed by atoms with Crippen molar-refractivity contribution in [3.05, 3.63) is 40.7 Å². The summed E-state index contributed by atoms with van der Waals surface area (Å²) < 4.78 is 12.7. The molecule has 1 fully saturated rings. The molecule has 25 heavy (non-hydrogen) atoms. The molecule has 0 atom stereocenters. The predicted molar refractivity (Wildman–Crippen MR) is 96.0 cm³/mol. The number of carbonyl (C=O) groups is 1. The van der Waals surface area contributed by atoms with E-state index < -0.39 is 0 Å². The van der Waals surface area contributed by atoms with Crippen LogP contribution in [-0.2, 0) is 10.5 Å². The zero-order chi connectivity index (χ0) is 17.4. The SMILES string of the molecule is COC(=O)c1cc(CSc2nnc(-c3cccs3)n2C2CC2)oc1C. The van der Waals surface area contributed by atoms with Crippen molar-refractivity contribution in [2.75, 3.05) is 7.11 Å². The van der Waals surface area contributed by atoms with Gasteiger partial charge < -0.3 is 9.15 Å². The van der Waals surface area contributed by atoms with Gasteiger partial charge in [0.05, 0.1) is 17.7 Å². The quantitative estimate of drug-likeness (QED) is 0.472. The maximum absolute atomic E-state index is 11.7. The first-order valence-electron chi connectivity index (χ1n) is 7.96. The molecule has 4 rings (SSSR count). The molecule has 6 nitrogen and oxygen atoms in total. The van der Waals surface area contributed by atoms with Crippen molar-refractivity contribution in [3.8, 4) is 10.7 Å². The van der Waals surface area contributed by atoms with Gasteiger partial charge in [0.25, 0.3) is 0 Å². The van der Waals surface area contributed by atoms with Crippen LogP contribution in [0.15, 0.2) is 33.2 Å². The molecule has 0 spiro atoms. The largest absolute Gasteiger partial charge is 0.465 e. The molecule has 1 aliphatic carbocycles. The summed E-state index contributed by atoms with van der Waals surface area (Å²) in [5.74, 6) is 2.45. The van der Waals surface area contributed by atoms with Crippen LogP contribution in [0.3, 0.4) is 0 Å². The van der Waals surface area contributed by atoms with Crippen LogP contribution in [0.5, 0.6) is 0 Å². The van der Waals surface area contributed by atoms with Gasteiger partial charge in [-0.1, -0.05) is 17.8 Å². The van der Waals surface area contributed by atoms with Gasteiger partial charge in [-0.15, -0.1) is 21.5 Å². The molecule has 0 radical (unpaired) electrons. The lowest BCUT2D eigenvalue weighted by molar-refractivity contribution is 0.0599. The first-order chi connectivity index (χ1) is 12.2. The number of rotatable bonds is 6. The highest BCUT2D eigenvalue weighted by molar-refractivity contribution is 7.98. The number of hydrogen-bond acceptors (Lipinski definition) is 7. The molecule has 0 aliphatic heterocycles. The van der Waals surface area contributed by atoms with E-state index in [1.165, 1.54) is 7.11 Å². The number of aryl methyl sites for hydroxylation is 1. The Bertz CT molecular complexity index is 895. The van der Waals surface area contributed by atoms with E-state index in [4.69, 9.17) is 9.15 Å². The minimum absolute atomic E-state index is 0.376. The minimum atomic E-state index is -0.376. The number of carbonyl (C=O) groups excluding carboxylic acids is 1. The molecular weight excluding hydrogens is 358 g/mol. The smallest absolute Gasteiger partial charge is 0.341 e. The average molecular weight is 375 g/mol. The van der Waals surface area contributed by atoms with Gasteiger partial charge in [0.1, 0.15) is 17.1 Å². The van der Waals surface area contributed by atoms with Crippen molar-refractivity contribution in [3.63, 3.8) is 0 Å². The molecule has 0 amide bonds. The van der Waals surface area contributed by atoms with Crippen LogP contribution in [0.1, 0.15) is 40.8 Å². The first kappa shape index (κ1) is 16.4. The van der Waals surface area contributed by atoms with Crippen molar-refractivity contribution >= 4 is 29.1 Å². The summed E-state index contributed by atoms with van der Waals surface area (Å²) in [5, 5.41) is 11.7. The highest BCUT2D eigenvalue weighted by Crippen LogP contribution is 2.42. The Morgan fingerprint density at radius 2 is 2.32 bits per heavy atom. The van der Waals surface area contributed by atoms with Crippen molar-refractivity contribution in [1.29, 1.82) is 0 Å². The molecule has 130 valence electrons. The van der Waals surface area contributed by atoms with E-state index in [1.54, 1.807) is 36.1 Å². The molecule has 0 saturated heterocycles. The molecular formula is C17H17N3O3S2. The maximum atomic E-state index is 11.7. The summed E-state index contributed by atoms with van der Waals surface area (Å²) in [4.78, 5) is 12.8. The fourth-order valence-electron chi connectivity index (χ4n) is 2.67. The maximum Gasteiger partial charge on any atom is 0.341 e. The molecule has 0 aromatic carbocycles. The average Bonchev–Trinajstić information content (AvgIpc) is 3.03. The van der Waals surface area contributed by atoms with E-state index in [9.17, 15) is 4.79 Å². The van der Waals surface area contributed by atoms with Gasteiger partial charge in [-0.05, 0) is 37.3 Å². The molecule has 3 aromatic rings. The molecule has 1 aliphatic rings. The van der Waals surface area contributed by atoms with Crippen LogP contribution in [0.25, 0.3) is 10.7 Å². The van der Waals surface area contributed by atoms with Crippen molar-refractivity contribution in [2.45, 2.75) is 36.7 Å². The predicted octanol–water partition coefficient (Wildman–Crippen LogP) is 4.32. The molecule has 0 N–H and O–H groups in total. The third-order valence-corrected chi connectivity index (χ3v) is 5.87. The van der Waals surface area contributed by atoms with Crippen LogP contribution in [-0.4, -0.2) is 27.8 Å². The number of thioether (sulfide) groups is 1. The molecule has 8 heteroatoms. The summed E-state index contributed by atoms with van der Waals surface area (Å²) >= 11 is 3.25. The van der Waals surface area contributed by atoms with E-state index in [0.29, 0.717) is 23.1 Å². The minimum Gasteiger partial charge on any atom is -0.465 e. The van der Waals surface area contributed by atoms with Gasteiger partial charge in [-0.25, -0.2) is 4.79 Å². The Hall–Kier alpha value is -2.06. The number of nitrogens with zero attached hydrogens (tertiary/aromatic N) is 3. The summed E-state index contributed by atoms with van der Waals surface area (Å²) in [6.45, 7) is 1.77. The molecule has 3 aromatic heterocycles. The summed E-state index contributed by atoms with van der Waals surface area (Å²) in [5.41, 5.74) is 0.473. The third-order valence-electron chi connectivity index (χ3n) is 4.04. The Labute approximate surface area is 153 Å². The second kappa shape index (κ2) is 6.68. The van der Waals surface area contributed by atoms with E-state index in [-0.39, 0.29) is 5.97 Å². The number of esters is 1. The molecule has 3 heterocycles. The third kappa shape index (κ3) is 3.23. The number of aromatic nitrogens is 3. The lowest BCUT2D eigenvalue weighted by atomic mass is 10.2. The molecule has 1 saturated carbocycles. The normalized spacial score (nSPS) is 14.0. The topological polar surface area (TPSA) is 70.2 Å². The van der Waals surface area contributed by atoms with Crippen LogP contribution in [0, 0.1) is 6.92 Å². The van der Waals surface area contributed by atoms with Crippen LogP contribution in [0.4, 0.5) is 0 Å². The second-order valence-corrected chi connectivity index (χ2v) is 7.74. The number of methoxy groups -OCH3 is 1. The fourth-order valence-corrected chi connectivity index (χ4v) is 4.27. The van der Waals surface area contributed by atoms with Gasteiger partial charge in [0.2, 0.25) is 0 Å². The standard InChI is InChI=1S/C17H17N3O3S2/c1-10-13(16(21)22-2)8-12(23-10)9-25-17-19-18-15(14-4-3-7-24-14)20(17)11-5-6-11/h3-4,7-8,11H,5-6,9H2,1-2H3. The number of thiophene rings is 1. The second-order valence-electron chi connectivity index (χ2n) is 5.85. The monoisotopic (exact) mass is 375 g/mol. The van der Waals surface area contributed by atoms with E-state index in [0.717, 1.165) is 34.5 Å². The highest BCUT2D eigenvalue weighted by atomic mass is 32.2. The zero-order valence-corrected chi connectivity index (χ0v) is 15.5. The van der Waals surface area contributed by atoms with Crippen LogP contribution < -0.4 is 0 Å². The van der Waals surface area contributed by atoms with Gasteiger partial charge in [0, 0.05) is 6.04 Å². The van der Waals surface area contributed by atoms with Crippen molar-refractivity contribution in [1.82, 2.24) is 14.8 Å². The van der Waals surface area contributed by atoms with Crippen molar-refractivity contribution in [2.24, 2.45) is 0 Å². The Kier molecular flexibility index (Phi) is 4.39. The summed E-state index contributed by atoms with van der Waals surface area (Å²) in [6, 6.07) is 6.32. The van der Waals surface area contributed by atoms with E-state index in [1.807, 2.05) is 11.4 Å². The zero-order valence-electron chi connectivity index (χ0n) is 13.9. The Morgan fingerprint density at radius 3 is 3.00 bits per heavy atom. The van der Waals surface area contributed by atoms with Gasteiger partial charge in [-0.3, -0.25) is 4.57 Å². The van der Waals surface area contributed by atoms with Crippen LogP contribution >= 0.6 is 23.1 Å². The highest BCUT2D eigenvalue weighted by Gasteiger charge is 2.30. The number of ether oxygens (including phenoxy) is 1. The molecule has 0 bridgehead atoms. The van der Waals surface area contributed by atoms with Gasteiger partial charge in [-0.2, -0.15) is 0 Å². The number of furan rings is 1. The fraction of sp³-hybridized carbons (Fsp3) is 0.353. The van der Waals surface area contributed by atoms with E-state index in [2.05, 4.69) is 20.8 Å². The van der Waals surface area contributed by atoms with E-state index >= 15 is 0 Å². The lowest BCUT2D eigenvalue weighted by Crippen LogP contribution is -2.00. The first-order valence-corrected chi connectivity index (χ1v) is 9.83. The van der Waals surface area contributed by atoms with Crippen LogP contribution in [0.2, 0.25) is 0 Å².